The van der Waals surface area contributed by atoms with E-state index in [0.717, 1.165) is 17.1 Å². The first-order valence-corrected chi connectivity index (χ1v) is 6.33. The van der Waals surface area contributed by atoms with Gasteiger partial charge in [0.05, 0.1) is 13.2 Å². The van der Waals surface area contributed by atoms with Gasteiger partial charge in [-0.15, -0.1) is 0 Å². The van der Waals surface area contributed by atoms with E-state index in [1.165, 1.54) is 0 Å². The van der Waals surface area contributed by atoms with Gasteiger partial charge in [-0.3, -0.25) is 0 Å². The smallest absolute Gasteiger partial charge is 0.133 e. The molecule has 0 aromatic heterocycles. The van der Waals surface area contributed by atoms with Gasteiger partial charge in [-0.25, -0.2) is 0 Å². The SMILES string of the molecule is CCC(O)c1ccccc1Oc1ccc(OC)cc1. The predicted octanol–water partition coefficient (Wildman–Crippen LogP) is 3.93. The molecule has 0 saturated heterocycles. The summed E-state index contributed by atoms with van der Waals surface area (Å²) in [5, 5.41) is 9.97. The lowest BCUT2D eigenvalue weighted by Gasteiger charge is -2.14. The second-order valence-corrected chi connectivity index (χ2v) is 4.24. The zero-order valence-corrected chi connectivity index (χ0v) is 11.2. The molecule has 3 nitrogen and oxygen atoms in total. The molecular formula is C16H18O3. The second kappa shape index (κ2) is 6.25. The van der Waals surface area contributed by atoms with Gasteiger partial charge in [0.1, 0.15) is 17.2 Å². The quantitative estimate of drug-likeness (QED) is 0.883. The first kappa shape index (κ1) is 13.4. The number of hydrogen-bond donors (Lipinski definition) is 1. The van der Waals surface area contributed by atoms with Gasteiger partial charge in [-0.1, -0.05) is 25.1 Å². The van der Waals surface area contributed by atoms with E-state index in [4.69, 9.17) is 9.47 Å². The highest BCUT2D eigenvalue weighted by molar-refractivity contribution is 5.40. The van der Waals surface area contributed by atoms with Crippen molar-refractivity contribution in [3.63, 3.8) is 0 Å². The summed E-state index contributed by atoms with van der Waals surface area (Å²) in [5.74, 6) is 2.19. The van der Waals surface area contributed by atoms with Crippen molar-refractivity contribution in [2.45, 2.75) is 19.4 Å². The van der Waals surface area contributed by atoms with Crippen LogP contribution < -0.4 is 9.47 Å². The minimum absolute atomic E-state index is 0.505. The zero-order chi connectivity index (χ0) is 13.7. The Kier molecular flexibility index (Phi) is 4.42. The number of ether oxygens (including phenoxy) is 2. The molecule has 2 rings (SSSR count). The van der Waals surface area contributed by atoms with E-state index in [2.05, 4.69) is 0 Å². The first-order valence-electron chi connectivity index (χ1n) is 6.33. The largest absolute Gasteiger partial charge is 0.497 e. The maximum absolute atomic E-state index is 9.97. The maximum atomic E-state index is 9.97. The van der Waals surface area contributed by atoms with Gasteiger partial charge in [-0.2, -0.15) is 0 Å². The van der Waals surface area contributed by atoms with Crippen LogP contribution in [0.4, 0.5) is 0 Å². The van der Waals surface area contributed by atoms with Gasteiger partial charge in [-0.05, 0) is 36.8 Å². The number of benzene rings is 2. The van der Waals surface area contributed by atoms with Crippen molar-refractivity contribution in [2.24, 2.45) is 0 Å². The molecule has 100 valence electrons. The molecule has 0 amide bonds. The average Bonchev–Trinajstić information content (AvgIpc) is 2.48. The Morgan fingerprint density at radius 1 is 1.00 bits per heavy atom. The summed E-state index contributed by atoms with van der Waals surface area (Å²) < 4.78 is 10.9. The van der Waals surface area contributed by atoms with Crippen molar-refractivity contribution in [1.29, 1.82) is 0 Å². The van der Waals surface area contributed by atoms with Crippen LogP contribution in [-0.2, 0) is 0 Å². The highest BCUT2D eigenvalue weighted by atomic mass is 16.5. The van der Waals surface area contributed by atoms with Gasteiger partial charge in [0.25, 0.3) is 0 Å². The van der Waals surface area contributed by atoms with E-state index in [1.807, 2.05) is 55.5 Å². The van der Waals surface area contributed by atoms with Crippen molar-refractivity contribution in [1.82, 2.24) is 0 Å². The summed E-state index contributed by atoms with van der Waals surface area (Å²) in [6.07, 6.45) is 0.151. The monoisotopic (exact) mass is 258 g/mol. The number of aliphatic hydroxyl groups excluding tert-OH is 1. The summed E-state index contributed by atoms with van der Waals surface area (Å²) in [5.41, 5.74) is 0.806. The van der Waals surface area contributed by atoms with E-state index >= 15 is 0 Å². The molecule has 19 heavy (non-hydrogen) atoms. The summed E-state index contributed by atoms with van der Waals surface area (Å²) >= 11 is 0. The van der Waals surface area contributed by atoms with E-state index in [0.29, 0.717) is 12.2 Å². The molecule has 1 N–H and O–H groups in total. The third-order valence-electron chi connectivity index (χ3n) is 2.95. The topological polar surface area (TPSA) is 38.7 Å². The third-order valence-corrected chi connectivity index (χ3v) is 2.95. The van der Waals surface area contributed by atoms with Crippen molar-refractivity contribution in [2.75, 3.05) is 7.11 Å². The van der Waals surface area contributed by atoms with Crippen LogP contribution in [0.2, 0.25) is 0 Å². The molecule has 0 saturated carbocycles. The molecule has 0 bridgehead atoms. The standard InChI is InChI=1S/C16H18O3/c1-3-15(17)14-6-4-5-7-16(14)19-13-10-8-12(18-2)9-11-13/h4-11,15,17H,3H2,1-2H3. The molecular weight excluding hydrogens is 240 g/mol. The normalized spacial score (nSPS) is 11.9. The highest BCUT2D eigenvalue weighted by Gasteiger charge is 2.11. The second-order valence-electron chi connectivity index (χ2n) is 4.24. The Morgan fingerprint density at radius 3 is 2.26 bits per heavy atom. The first-order chi connectivity index (χ1) is 9.24. The molecule has 3 heteroatoms. The number of hydrogen-bond acceptors (Lipinski definition) is 3. The lowest BCUT2D eigenvalue weighted by Crippen LogP contribution is -1.98. The zero-order valence-electron chi connectivity index (χ0n) is 11.2. The van der Waals surface area contributed by atoms with Crippen molar-refractivity contribution in [3.05, 3.63) is 54.1 Å². The molecule has 0 heterocycles. The molecule has 2 aromatic rings. The maximum Gasteiger partial charge on any atom is 0.133 e. The molecule has 0 aliphatic rings. The van der Waals surface area contributed by atoms with E-state index in [1.54, 1.807) is 7.11 Å². The van der Waals surface area contributed by atoms with E-state index in [-0.39, 0.29) is 0 Å². The minimum Gasteiger partial charge on any atom is -0.497 e. The van der Waals surface area contributed by atoms with Crippen LogP contribution in [0.1, 0.15) is 25.0 Å². The van der Waals surface area contributed by atoms with Crippen molar-refractivity contribution in [3.8, 4) is 17.2 Å². The van der Waals surface area contributed by atoms with E-state index < -0.39 is 6.10 Å². The number of para-hydroxylation sites is 1. The fourth-order valence-corrected chi connectivity index (χ4v) is 1.84. The fraction of sp³-hybridized carbons (Fsp3) is 0.250. The molecule has 0 aliphatic heterocycles. The molecule has 0 radical (unpaired) electrons. The Balaban J connectivity index is 2.22. The Hall–Kier alpha value is -2.00. The molecule has 0 spiro atoms. The summed E-state index contributed by atoms with van der Waals surface area (Å²) in [6.45, 7) is 1.94. The van der Waals surface area contributed by atoms with Gasteiger partial charge in [0.2, 0.25) is 0 Å². The van der Waals surface area contributed by atoms with Crippen LogP contribution in [0.5, 0.6) is 17.2 Å². The lowest BCUT2D eigenvalue weighted by molar-refractivity contribution is 0.170. The van der Waals surface area contributed by atoms with Gasteiger partial charge < -0.3 is 14.6 Å². The molecule has 0 aliphatic carbocycles. The number of aliphatic hydroxyl groups is 1. The van der Waals surface area contributed by atoms with Crippen LogP contribution in [0.15, 0.2) is 48.5 Å². The van der Waals surface area contributed by atoms with Crippen LogP contribution >= 0.6 is 0 Å². The lowest BCUT2D eigenvalue weighted by atomic mass is 10.1. The minimum atomic E-state index is -0.505. The predicted molar refractivity (Wildman–Crippen MR) is 74.8 cm³/mol. The summed E-state index contributed by atoms with van der Waals surface area (Å²) in [7, 11) is 1.63. The fourth-order valence-electron chi connectivity index (χ4n) is 1.84. The van der Waals surface area contributed by atoms with Crippen LogP contribution in [0, 0.1) is 0 Å². The van der Waals surface area contributed by atoms with Gasteiger partial charge in [0.15, 0.2) is 0 Å². The average molecular weight is 258 g/mol. The number of methoxy groups -OCH3 is 1. The molecule has 0 fully saturated rings. The van der Waals surface area contributed by atoms with Crippen molar-refractivity contribution < 1.29 is 14.6 Å². The van der Waals surface area contributed by atoms with Gasteiger partial charge in [0, 0.05) is 5.56 Å². The van der Waals surface area contributed by atoms with Crippen LogP contribution in [-0.4, -0.2) is 12.2 Å². The molecule has 1 unspecified atom stereocenters. The summed E-state index contributed by atoms with van der Waals surface area (Å²) in [4.78, 5) is 0. The molecule has 1 atom stereocenters. The molecule has 2 aromatic carbocycles. The highest BCUT2D eigenvalue weighted by Crippen LogP contribution is 2.31. The van der Waals surface area contributed by atoms with Gasteiger partial charge >= 0.3 is 0 Å². The third kappa shape index (κ3) is 3.26. The van der Waals surface area contributed by atoms with E-state index in [9.17, 15) is 5.11 Å². The summed E-state index contributed by atoms with van der Waals surface area (Å²) in [6, 6.07) is 14.9. The Bertz CT molecular complexity index is 520. The van der Waals surface area contributed by atoms with Crippen LogP contribution in [0.25, 0.3) is 0 Å². The van der Waals surface area contributed by atoms with Crippen LogP contribution in [0.3, 0.4) is 0 Å². The Labute approximate surface area is 113 Å². The van der Waals surface area contributed by atoms with Crippen molar-refractivity contribution >= 4 is 0 Å². The number of rotatable bonds is 5. The Morgan fingerprint density at radius 2 is 1.63 bits per heavy atom.